The molecule has 0 fully saturated rings. The van der Waals surface area contributed by atoms with E-state index in [0.717, 1.165) is 36.1 Å². The molecule has 3 nitrogen and oxygen atoms in total. The van der Waals surface area contributed by atoms with Crippen LogP contribution >= 0.6 is 0 Å². The maximum atomic E-state index is 12.3. The zero-order valence-electron chi connectivity index (χ0n) is 13.2. The average molecular weight is 294 g/mol. The van der Waals surface area contributed by atoms with E-state index in [1.165, 1.54) is 0 Å². The van der Waals surface area contributed by atoms with E-state index in [4.69, 9.17) is 0 Å². The first kappa shape index (κ1) is 16.0. The number of hydrogen-bond acceptors (Lipinski definition) is 2. The number of carbonyl (C=O) groups excluding carboxylic acids is 1. The standard InChI is InChI=1S/C19H22N2O/c1-3-4-14-18(16-11-6-5-7-12-16)20-21-19(22)17-13-9-8-10-15(17)2/h5-13H,3-4,14H2,1-2H3,(H,21,22). The van der Waals surface area contributed by atoms with Gasteiger partial charge in [-0.05, 0) is 37.0 Å². The smallest absolute Gasteiger partial charge is 0.267 e. The van der Waals surface area contributed by atoms with Crippen LogP contribution in [0.5, 0.6) is 0 Å². The Hall–Kier alpha value is -2.42. The number of rotatable bonds is 6. The van der Waals surface area contributed by atoms with Crippen LogP contribution in [0.3, 0.4) is 0 Å². The van der Waals surface area contributed by atoms with Crippen molar-refractivity contribution in [2.24, 2.45) is 5.10 Å². The van der Waals surface area contributed by atoms with Crippen LogP contribution in [0, 0.1) is 6.92 Å². The highest BCUT2D eigenvalue weighted by Crippen LogP contribution is 2.09. The van der Waals surface area contributed by atoms with Crippen LogP contribution in [-0.4, -0.2) is 11.6 Å². The van der Waals surface area contributed by atoms with Gasteiger partial charge in [0.15, 0.2) is 0 Å². The fourth-order valence-corrected chi connectivity index (χ4v) is 2.25. The highest BCUT2D eigenvalue weighted by atomic mass is 16.2. The Balaban J connectivity index is 2.16. The van der Waals surface area contributed by atoms with Gasteiger partial charge in [0.1, 0.15) is 0 Å². The highest BCUT2D eigenvalue weighted by Gasteiger charge is 2.08. The van der Waals surface area contributed by atoms with Gasteiger partial charge in [0.25, 0.3) is 5.91 Å². The molecule has 0 aromatic heterocycles. The largest absolute Gasteiger partial charge is 0.271 e. The minimum Gasteiger partial charge on any atom is -0.267 e. The maximum absolute atomic E-state index is 12.3. The molecule has 2 aromatic carbocycles. The van der Waals surface area contributed by atoms with Gasteiger partial charge in [-0.25, -0.2) is 5.43 Å². The first-order valence-corrected chi connectivity index (χ1v) is 7.70. The van der Waals surface area contributed by atoms with Crippen molar-refractivity contribution in [3.63, 3.8) is 0 Å². The first-order chi connectivity index (χ1) is 10.7. The third kappa shape index (κ3) is 4.29. The van der Waals surface area contributed by atoms with E-state index in [1.807, 2.05) is 61.5 Å². The number of aryl methyl sites for hydroxylation is 1. The van der Waals surface area contributed by atoms with Gasteiger partial charge >= 0.3 is 0 Å². The van der Waals surface area contributed by atoms with Crippen LogP contribution < -0.4 is 5.43 Å². The van der Waals surface area contributed by atoms with Crippen LogP contribution in [0.4, 0.5) is 0 Å². The molecule has 0 radical (unpaired) electrons. The lowest BCUT2D eigenvalue weighted by molar-refractivity contribution is 0.0954. The summed E-state index contributed by atoms with van der Waals surface area (Å²) in [5.41, 5.74) is 6.28. The van der Waals surface area contributed by atoms with E-state index in [9.17, 15) is 4.79 Å². The fraction of sp³-hybridized carbons (Fsp3) is 0.263. The number of benzene rings is 2. The van der Waals surface area contributed by atoms with Crippen molar-refractivity contribution in [1.29, 1.82) is 0 Å². The second kappa shape index (κ2) is 8.13. The highest BCUT2D eigenvalue weighted by molar-refractivity contribution is 6.02. The molecule has 2 aromatic rings. The second-order valence-electron chi connectivity index (χ2n) is 5.28. The molecule has 114 valence electrons. The van der Waals surface area contributed by atoms with Crippen LogP contribution in [-0.2, 0) is 0 Å². The van der Waals surface area contributed by atoms with Crippen molar-refractivity contribution in [3.8, 4) is 0 Å². The molecule has 0 aliphatic heterocycles. The monoisotopic (exact) mass is 294 g/mol. The molecular formula is C19H22N2O. The number of nitrogens with one attached hydrogen (secondary N) is 1. The molecule has 0 spiro atoms. The predicted octanol–water partition coefficient (Wildman–Crippen LogP) is 4.32. The number of unbranched alkanes of at least 4 members (excludes halogenated alkanes) is 1. The molecular weight excluding hydrogens is 272 g/mol. The molecule has 2 rings (SSSR count). The number of hydrazone groups is 1. The summed E-state index contributed by atoms with van der Waals surface area (Å²) in [5.74, 6) is -0.164. The summed E-state index contributed by atoms with van der Waals surface area (Å²) in [7, 11) is 0. The topological polar surface area (TPSA) is 41.5 Å². The lowest BCUT2D eigenvalue weighted by atomic mass is 10.1. The molecule has 3 heteroatoms. The summed E-state index contributed by atoms with van der Waals surface area (Å²) in [6.45, 7) is 4.07. The maximum Gasteiger partial charge on any atom is 0.271 e. The van der Waals surface area contributed by atoms with Gasteiger partial charge < -0.3 is 0 Å². The normalized spacial score (nSPS) is 11.3. The summed E-state index contributed by atoms with van der Waals surface area (Å²) in [5, 5.41) is 4.37. The summed E-state index contributed by atoms with van der Waals surface area (Å²) in [6, 6.07) is 17.5. The van der Waals surface area contributed by atoms with Crippen molar-refractivity contribution in [1.82, 2.24) is 5.43 Å². The number of amides is 1. The van der Waals surface area contributed by atoms with Crippen molar-refractivity contribution >= 4 is 11.6 Å². The number of carbonyl (C=O) groups is 1. The Labute approximate surface area is 132 Å². The van der Waals surface area contributed by atoms with Gasteiger partial charge in [0.2, 0.25) is 0 Å². The Morgan fingerprint density at radius 3 is 2.41 bits per heavy atom. The Bertz CT molecular complexity index is 647. The van der Waals surface area contributed by atoms with Gasteiger partial charge in [-0.1, -0.05) is 61.9 Å². The van der Waals surface area contributed by atoms with Gasteiger partial charge in [0, 0.05) is 5.56 Å². The van der Waals surface area contributed by atoms with E-state index in [1.54, 1.807) is 0 Å². The number of nitrogens with zero attached hydrogens (tertiary/aromatic N) is 1. The summed E-state index contributed by atoms with van der Waals surface area (Å²) in [4.78, 5) is 12.3. The van der Waals surface area contributed by atoms with Crippen LogP contribution in [0.2, 0.25) is 0 Å². The molecule has 1 amide bonds. The molecule has 0 unspecified atom stereocenters. The molecule has 0 aliphatic rings. The molecule has 0 saturated carbocycles. The quantitative estimate of drug-likeness (QED) is 0.625. The van der Waals surface area contributed by atoms with Crippen LogP contribution in [0.15, 0.2) is 59.7 Å². The third-order valence-electron chi connectivity index (χ3n) is 3.56. The predicted molar refractivity (Wildman–Crippen MR) is 91.1 cm³/mol. The zero-order valence-corrected chi connectivity index (χ0v) is 13.2. The van der Waals surface area contributed by atoms with Gasteiger partial charge in [-0.15, -0.1) is 0 Å². The minimum atomic E-state index is -0.164. The second-order valence-corrected chi connectivity index (χ2v) is 5.28. The van der Waals surface area contributed by atoms with E-state index in [-0.39, 0.29) is 5.91 Å². The lowest BCUT2D eigenvalue weighted by Crippen LogP contribution is -2.21. The molecule has 0 bridgehead atoms. The van der Waals surface area contributed by atoms with Crippen molar-refractivity contribution in [3.05, 3.63) is 71.3 Å². The lowest BCUT2D eigenvalue weighted by Gasteiger charge is -2.08. The summed E-state index contributed by atoms with van der Waals surface area (Å²) >= 11 is 0. The molecule has 0 saturated heterocycles. The Morgan fingerprint density at radius 2 is 1.73 bits per heavy atom. The van der Waals surface area contributed by atoms with Crippen molar-refractivity contribution in [2.45, 2.75) is 33.1 Å². The van der Waals surface area contributed by atoms with E-state index in [2.05, 4.69) is 17.5 Å². The summed E-state index contributed by atoms with van der Waals surface area (Å²) < 4.78 is 0. The van der Waals surface area contributed by atoms with Crippen molar-refractivity contribution in [2.75, 3.05) is 0 Å². The van der Waals surface area contributed by atoms with Crippen molar-refractivity contribution < 1.29 is 4.79 Å². The van der Waals surface area contributed by atoms with Gasteiger partial charge in [0.05, 0.1) is 5.71 Å². The van der Waals surface area contributed by atoms with Crippen LogP contribution in [0.1, 0.15) is 47.7 Å². The number of hydrogen-bond donors (Lipinski definition) is 1. The molecule has 22 heavy (non-hydrogen) atoms. The Morgan fingerprint density at radius 1 is 1.05 bits per heavy atom. The zero-order chi connectivity index (χ0) is 15.8. The van der Waals surface area contributed by atoms with E-state index in [0.29, 0.717) is 5.56 Å². The molecule has 0 atom stereocenters. The average Bonchev–Trinajstić information content (AvgIpc) is 2.56. The van der Waals surface area contributed by atoms with Gasteiger partial charge in [-0.2, -0.15) is 5.10 Å². The van der Waals surface area contributed by atoms with Crippen LogP contribution in [0.25, 0.3) is 0 Å². The molecule has 1 N–H and O–H groups in total. The molecule has 0 heterocycles. The first-order valence-electron chi connectivity index (χ1n) is 7.70. The SMILES string of the molecule is CCCCC(=NNC(=O)c1ccccc1C)c1ccccc1. The van der Waals surface area contributed by atoms with E-state index < -0.39 is 0 Å². The van der Waals surface area contributed by atoms with Gasteiger partial charge in [-0.3, -0.25) is 4.79 Å². The molecule has 0 aliphatic carbocycles. The Kier molecular flexibility index (Phi) is 5.90. The van der Waals surface area contributed by atoms with E-state index >= 15 is 0 Å². The minimum absolute atomic E-state index is 0.164. The third-order valence-corrected chi connectivity index (χ3v) is 3.56. The fourth-order valence-electron chi connectivity index (χ4n) is 2.25. The summed E-state index contributed by atoms with van der Waals surface area (Å²) in [6.07, 6.45) is 3.00.